The summed E-state index contributed by atoms with van der Waals surface area (Å²) in [4.78, 5) is 2.44. The lowest BCUT2D eigenvalue weighted by molar-refractivity contribution is 0.0238. The summed E-state index contributed by atoms with van der Waals surface area (Å²) in [5.41, 5.74) is 4.36. The second kappa shape index (κ2) is 6.24. The van der Waals surface area contributed by atoms with Crippen molar-refractivity contribution in [3.8, 4) is 0 Å². The summed E-state index contributed by atoms with van der Waals surface area (Å²) in [6.45, 7) is 2.03. The van der Waals surface area contributed by atoms with Gasteiger partial charge in [-0.15, -0.1) is 24.8 Å². The highest BCUT2D eigenvalue weighted by Crippen LogP contribution is 2.31. The maximum absolute atomic E-state index is 13.7. The molecule has 1 saturated carbocycles. The van der Waals surface area contributed by atoms with Crippen LogP contribution in [0.25, 0.3) is 0 Å². The van der Waals surface area contributed by atoms with Crippen molar-refractivity contribution in [1.82, 2.24) is 4.90 Å². The van der Waals surface area contributed by atoms with Gasteiger partial charge in [0.2, 0.25) is 0 Å². The zero-order chi connectivity index (χ0) is 9.31. The minimum atomic E-state index is -1.06. The van der Waals surface area contributed by atoms with E-state index in [1.165, 1.54) is 19.3 Å². The number of piperidine rings is 1. The third-order valence-corrected chi connectivity index (χ3v) is 3.65. The molecule has 2 N–H and O–H groups in total. The van der Waals surface area contributed by atoms with Gasteiger partial charge in [0.25, 0.3) is 0 Å². The molecule has 1 aliphatic heterocycles. The molecule has 0 aromatic rings. The first-order chi connectivity index (χ1) is 6.23. The number of nitrogens with two attached hydrogens (primary N) is 1. The molecule has 2 fully saturated rings. The fourth-order valence-corrected chi connectivity index (χ4v) is 2.25. The van der Waals surface area contributed by atoms with Crippen molar-refractivity contribution in [3.05, 3.63) is 0 Å². The van der Waals surface area contributed by atoms with Crippen LogP contribution >= 0.6 is 24.8 Å². The van der Waals surface area contributed by atoms with Crippen molar-refractivity contribution < 1.29 is 4.39 Å². The molecular weight excluding hydrogens is 238 g/mol. The predicted molar refractivity (Wildman–Crippen MR) is 65.8 cm³/mol. The van der Waals surface area contributed by atoms with Crippen LogP contribution in [-0.4, -0.2) is 36.2 Å². The third kappa shape index (κ3) is 3.45. The summed E-state index contributed by atoms with van der Waals surface area (Å²) in [6, 6.07) is 0.766. The van der Waals surface area contributed by atoms with E-state index in [4.69, 9.17) is 5.73 Å². The number of rotatable bonds is 2. The topological polar surface area (TPSA) is 29.3 Å². The fourth-order valence-electron chi connectivity index (χ4n) is 2.25. The highest BCUT2D eigenvalue weighted by Gasteiger charge is 2.36. The van der Waals surface area contributed by atoms with Crippen LogP contribution in [0.15, 0.2) is 0 Å². The van der Waals surface area contributed by atoms with Gasteiger partial charge in [0.1, 0.15) is 5.67 Å². The first-order valence-electron chi connectivity index (χ1n) is 5.37. The average Bonchev–Trinajstić information content (AvgIpc) is 2.06. The van der Waals surface area contributed by atoms with Gasteiger partial charge >= 0.3 is 0 Å². The van der Waals surface area contributed by atoms with Crippen molar-refractivity contribution in [1.29, 1.82) is 0 Å². The molecule has 0 amide bonds. The SMILES string of the molecule is Cl.Cl.NCC1(F)CCN(C2CCC2)CC1. The predicted octanol–water partition coefficient (Wildman–Crippen LogP) is 2.15. The molecule has 0 spiro atoms. The number of hydrogen-bond acceptors (Lipinski definition) is 2. The minimum absolute atomic E-state index is 0. The van der Waals surface area contributed by atoms with Crippen LogP contribution in [0.4, 0.5) is 4.39 Å². The molecule has 0 aromatic heterocycles. The Kier molecular flexibility index (Phi) is 6.41. The molecule has 0 atom stereocenters. The van der Waals surface area contributed by atoms with E-state index in [0.717, 1.165) is 19.1 Å². The molecule has 2 aliphatic rings. The summed E-state index contributed by atoms with van der Waals surface area (Å²) in [5, 5.41) is 0. The van der Waals surface area contributed by atoms with Crippen molar-refractivity contribution >= 4 is 24.8 Å². The van der Waals surface area contributed by atoms with Crippen molar-refractivity contribution in [3.63, 3.8) is 0 Å². The number of halogens is 3. The third-order valence-electron chi connectivity index (χ3n) is 3.65. The van der Waals surface area contributed by atoms with Crippen LogP contribution in [0.2, 0.25) is 0 Å². The second-order valence-electron chi connectivity index (χ2n) is 4.48. The van der Waals surface area contributed by atoms with Crippen LogP contribution in [-0.2, 0) is 0 Å². The van der Waals surface area contributed by atoms with Crippen LogP contribution in [0.5, 0.6) is 0 Å². The van der Waals surface area contributed by atoms with Crippen molar-refractivity contribution in [2.75, 3.05) is 19.6 Å². The van der Waals surface area contributed by atoms with Crippen LogP contribution in [0.3, 0.4) is 0 Å². The highest BCUT2D eigenvalue weighted by atomic mass is 35.5. The maximum atomic E-state index is 13.7. The summed E-state index contributed by atoms with van der Waals surface area (Å²) in [6.07, 6.45) is 5.28. The molecule has 2 rings (SSSR count). The zero-order valence-electron chi connectivity index (χ0n) is 8.95. The summed E-state index contributed by atoms with van der Waals surface area (Å²) >= 11 is 0. The molecule has 5 heteroatoms. The van der Waals surface area contributed by atoms with Crippen molar-refractivity contribution in [2.45, 2.75) is 43.8 Å². The lowest BCUT2D eigenvalue weighted by Crippen LogP contribution is -2.50. The monoisotopic (exact) mass is 258 g/mol. The Morgan fingerprint density at radius 3 is 2.07 bits per heavy atom. The van der Waals surface area contributed by atoms with Crippen LogP contribution in [0, 0.1) is 0 Å². The number of hydrogen-bond donors (Lipinski definition) is 1. The Morgan fingerprint density at radius 2 is 1.73 bits per heavy atom. The van der Waals surface area contributed by atoms with Gasteiger partial charge in [-0.1, -0.05) is 6.42 Å². The standard InChI is InChI=1S/C10H19FN2.2ClH/c11-10(8-12)4-6-13(7-5-10)9-2-1-3-9;;/h9H,1-8,12H2;2*1H. The van der Waals surface area contributed by atoms with E-state index in [-0.39, 0.29) is 31.4 Å². The van der Waals surface area contributed by atoms with Crippen molar-refractivity contribution in [2.24, 2.45) is 5.73 Å². The largest absolute Gasteiger partial charge is 0.328 e. The molecule has 2 nitrogen and oxygen atoms in total. The van der Waals surface area contributed by atoms with Gasteiger partial charge in [-0.25, -0.2) is 4.39 Å². The van der Waals surface area contributed by atoms with E-state index in [0.29, 0.717) is 12.8 Å². The van der Waals surface area contributed by atoms with E-state index < -0.39 is 5.67 Å². The minimum Gasteiger partial charge on any atom is -0.328 e. The molecule has 92 valence electrons. The molecule has 1 aliphatic carbocycles. The van der Waals surface area contributed by atoms with E-state index in [1.807, 2.05) is 0 Å². The molecule has 0 aromatic carbocycles. The van der Waals surface area contributed by atoms with Crippen LogP contribution in [0.1, 0.15) is 32.1 Å². The number of alkyl halides is 1. The molecule has 0 radical (unpaired) electrons. The van der Waals surface area contributed by atoms with E-state index in [1.54, 1.807) is 0 Å². The molecule has 1 heterocycles. The first kappa shape index (κ1) is 15.4. The van der Waals surface area contributed by atoms with Gasteiger partial charge in [0.15, 0.2) is 0 Å². The Hall–Kier alpha value is 0.430. The zero-order valence-corrected chi connectivity index (χ0v) is 10.6. The van der Waals surface area contributed by atoms with Gasteiger partial charge in [0, 0.05) is 25.7 Å². The Balaban J connectivity index is 0.000000980. The van der Waals surface area contributed by atoms with E-state index in [2.05, 4.69) is 4.90 Å². The summed E-state index contributed by atoms with van der Waals surface area (Å²) in [5.74, 6) is 0. The normalized spacial score (nSPS) is 26.0. The smallest absolute Gasteiger partial charge is 0.125 e. The summed E-state index contributed by atoms with van der Waals surface area (Å²) in [7, 11) is 0. The van der Waals surface area contributed by atoms with Crippen LogP contribution < -0.4 is 5.73 Å². The quantitative estimate of drug-likeness (QED) is 0.823. The molecule has 0 unspecified atom stereocenters. The Morgan fingerprint density at radius 1 is 1.20 bits per heavy atom. The lowest BCUT2D eigenvalue weighted by atomic mass is 9.87. The van der Waals surface area contributed by atoms with Gasteiger partial charge in [-0.2, -0.15) is 0 Å². The van der Waals surface area contributed by atoms with E-state index >= 15 is 0 Å². The Bertz CT molecular complexity index is 180. The van der Waals surface area contributed by atoms with Gasteiger partial charge in [-0.05, 0) is 25.7 Å². The van der Waals surface area contributed by atoms with Gasteiger partial charge in [0.05, 0.1) is 0 Å². The lowest BCUT2D eigenvalue weighted by Gasteiger charge is -2.43. The molecule has 0 bridgehead atoms. The molecule has 15 heavy (non-hydrogen) atoms. The average molecular weight is 259 g/mol. The second-order valence-corrected chi connectivity index (χ2v) is 4.48. The number of likely N-dealkylation sites (tertiary alicyclic amines) is 1. The Labute approximate surface area is 104 Å². The summed E-state index contributed by atoms with van der Waals surface area (Å²) < 4.78 is 13.7. The molecular formula is C10H21Cl2FN2. The maximum Gasteiger partial charge on any atom is 0.125 e. The fraction of sp³-hybridized carbons (Fsp3) is 1.00. The first-order valence-corrected chi connectivity index (χ1v) is 5.37. The van der Waals surface area contributed by atoms with E-state index in [9.17, 15) is 4.39 Å². The molecule has 1 saturated heterocycles. The van der Waals surface area contributed by atoms with Gasteiger partial charge in [-0.3, -0.25) is 0 Å². The van der Waals surface area contributed by atoms with Gasteiger partial charge < -0.3 is 10.6 Å². The number of nitrogens with zero attached hydrogens (tertiary/aromatic N) is 1. The highest BCUT2D eigenvalue weighted by molar-refractivity contribution is 5.85.